The number of rotatable bonds is 3. The van der Waals surface area contributed by atoms with Crippen molar-refractivity contribution in [3.8, 4) is 0 Å². The fourth-order valence-electron chi connectivity index (χ4n) is 2.26. The van der Waals surface area contributed by atoms with E-state index in [9.17, 15) is 19.5 Å². The summed E-state index contributed by atoms with van der Waals surface area (Å²) < 4.78 is 0.947. The number of carbonyl (C=O) groups excluding carboxylic acids is 1. The topological polar surface area (TPSA) is 107 Å². The molecule has 21 heavy (non-hydrogen) atoms. The third-order valence-electron chi connectivity index (χ3n) is 3.24. The van der Waals surface area contributed by atoms with Gasteiger partial charge < -0.3 is 20.4 Å². The van der Waals surface area contributed by atoms with Crippen LogP contribution in [0.25, 0.3) is 0 Å². The summed E-state index contributed by atoms with van der Waals surface area (Å²) in [6, 6.07) is 3.93. The van der Waals surface area contributed by atoms with Gasteiger partial charge in [-0.25, -0.2) is 4.79 Å². The molecule has 0 saturated carbocycles. The fourth-order valence-corrected chi connectivity index (χ4v) is 2.62. The van der Waals surface area contributed by atoms with Gasteiger partial charge in [0.15, 0.2) is 6.04 Å². The number of carboxylic acids is 2. The summed E-state index contributed by atoms with van der Waals surface area (Å²) in [7, 11) is 0. The lowest BCUT2D eigenvalue weighted by Crippen LogP contribution is -2.65. The zero-order valence-corrected chi connectivity index (χ0v) is 13.0. The third-order valence-corrected chi connectivity index (χ3v) is 3.96. The number of hydrogen-bond acceptors (Lipinski definition) is 4. The van der Waals surface area contributed by atoms with Crippen LogP contribution in [-0.4, -0.2) is 58.1 Å². The molecule has 112 valence electrons. The van der Waals surface area contributed by atoms with Gasteiger partial charge in [-0.2, -0.15) is 0 Å². The Morgan fingerprint density at radius 2 is 1.76 bits per heavy atom. The average Bonchev–Trinajstić information content (AvgIpc) is 2.46. The van der Waals surface area contributed by atoms with E-state index < -0.39 is 29.9 Å². The van der Waals surface area contributed by atoms with Gasteiger partial charge in [0.25, 0.3) is 5.91 Å². The first kappa shape index (κ1) is 15.7. The molecule has 1 heterocycles. The van der Waals surface area contributed by atoms with E-state index in [1.165, 1.54) is 0 Å². The van der Waals surface area contributed by atoms with Gasteiger partial charge in [-0.1, -0.05) is 0 Å². The molecule has 1 aromatic rings. The maximum atomic E-state index is 12.4. The highest BCUT2D eigenvalue weighted by Gasteiger charge is 2.43. The molecular weight excluding hydrogens is 391 g/mol. The zero-order valence-electron chi connectivity index (χ0n) is 10.8. The van der Waals surface area contributed by atoms with Gasteiger partial charge in [0.2, 0.25) is 0 Å². The number of halogens is 1. The molecule has 2 atom stereocenters. The number of nitrogens with one attached hydrogen (secondary N) is 1. The number of aliphatic carboxylic acids is 2. The van der Waals surface area contributed by atoms with Gasteiger partial charge in [-0.05, 0) is 46.9 Å². The first-order valence-corrected chi connectivity index (χ1v) is 7.25. The Balaban J connectivity index is 2.31. The van der Waals surface area contributed by atoms with Crippen molar-refractivity contribution in [2.75, 3.05) is 13.1 Å². The second-order valence-electron chi connectivity index (χ2n) is 4.56. The molecule has 1 fully saturated rings. The second kappa shape index (κ2) is 6.39. The smallest absolute Gasteiger partial charge is 0.328 e. The predicted molar refractivity (Wildman–Crippen MR) is 81.0 cm³/mol. The number of piperazine rings is 1. The highest BCUT2D eigenvalue weighted by atomic mass is 127. The fraction of sp³-hybridized carbons (Fsp3) is 0.308. The maximum absolute atomic E-state index is 12.4. The van der Waals surface area contributed by atoms with Crippen molar-refractivity contribution < 1.29 is 24.6 Å². The van der Waals surface area contributed by atoms with Gasteiger partial charge in [0, 0.05) is 22.2 Å². The van der Waals surface area contributed by atoms with Crippen molar-refractivity contribution in [3.63, 3.8) is 0 Å². The molecule has 0 aromatic heterocycles. The van der Waals surface area contributed by atoms with E-state index in [1.807, 2.05) is 0 Å². The van der Waals surface area contributed by atoms with Gasteiger partial charge >= 0.3 is 11.9 Å². The quantitative estimate of drug-likeness (QED) is 0.624. The van der Waals surface area contributed by atoms with E-state index in [1.54, 1.807) is 24.3 Å². The van der Waals surface area contributed by atoms with Crippen LogP contribution in [0.5, 0.6) is 0 Å². The van der Waals surface area contributed by atoms with Crippen LogP contribution in [0.4, 0.5) is 0 Å². The first-order valence-electron chi connectivity index (χ1n) is 6.17. The van der Waals surface area contributed by atoms with E-state index in [4.69, 9.17) is 5.11 Å². The van der Waals surface area contributed by atoms with Crippen LogP contribution in [0.15, 0.2) is 24.3 Å². The van der Waals surface area contributed by atoms with Crippen LogP contribution >= 0.6 is 22.6 Å². The number of amides is 1. The number of carbonyl (C=O) groups is 3. The summed E-state index contributed by atoms with van der Waals surface area (Å²) >= 11 is 2.09. The van der Waals surface area contributed by atoms with Crippen LogP contribution in [0, 0.1) is 3.57 Å². The molecule has 0 aliphatic carbocycles. The SMILES string of the molecule is O=C(O)C1NCCN(C(=O)c2ccc(I)cc2)C1C(=O)O. The lowest BCUT2D eigenvalue weighted by atomic mass is 10.0. The molecule has 0 spiro atoms. The van der Waals surface area contributed by atoms with E-state index in [0.29, 0.717) is 5.56 Å². The summed E-state index contributed by atoms with van der Waals surface area (Å²) in [5, 5.41) is 21.0. The van der Waals surface area contributed by atoms with Crippen molar-refractivity contribution in [1.82, 2.24) is 10.2 Å². The zero-order chi connectivity index (χ0) is 15.6. The van der Waals surface area contributed by atoms with Crippen LogP contribution < -0.4 is 5.32 Å². The lowest BCUT2D eigenvalue weighted by Gasteiger charge is -2.37. The Kier molecular flexibility index (Phi) is 4.78. The van der Waals surface area contributed by atoms with Gasteiger partial charge in [-0.15, -0.1) is 0 Å². The number of hydrogen-bond donors (Lipinski definition) is 3. The molecule has 1 aliphatic heterocycles. The molecule has 1 saturated heterocycles. The Labute approximate surface area is 134 Å². The lowest BCUT2D eigenvalue weighted by molar-refractivity contribution is -0.152. The molecule has 8 heteroatoms. The van der Waals surface area contributed by atoms with Crippen LogP contribution in [-0.2, 0) is 9.59 Å². The summed E-state index contributed by atoms with van der Waals surface area (Å²) in [6.07, 6.45) is 0. The second-order valence-corrected chi connectivity index (χ2v) is 5.80. The molecule has 2 rings (SSSR count). The minimum Gasteiger partial charge on any atom is -0.480 e. The molecular formula is C13H13IN2O5. The molecule has 0 bridgehead atoms. The minimum absolute atomic E-state index is 0.144. The van der Waals surface area contributed by atoms with Crippen LogP contribution in [0.2, 0.25) is 0 Å². The third kappa shape index (κ3) is 3.32. The van der Waals surface area contributed by atoms with Crippen molar-refractivity contribution in [2.45, 2.75) is 12.1 Å². The Hall–Kier alpha value is -1.68. The maximum Gasteiger partial charge on any atom is 0.328 e. The van der Waals surface area contributed by atoms with E-state index in [0.717, 1.165) is 8.47 Å². The highest BCUT2D eigenvalue weighted by molar-refractivity contribution is 14.1. The molecule has 1 aliphatic rings. The first-order chi connectivity index (χ1) is 9.91. The molecule has 1 amide bonds. The molecule has 1 aromatic carbocycles. The number of nitrogens with zero attached hydrogens (tertiary/aromatic N) is 1. The average molecular weight is 404 g/mol. The van der Waals surface area contributed by atoms with E-state index in [2.05, 4.69) is 27.9 Å². The summed E-state index contributed by atoms with van der Waals surface area (Å²) in [5.74, 6) is -3.11. The summed E-state index contributed by atoms with van der Waals surface area (Å²) in [5.41, 5.74) is 0.340. The van der Waals surface area contributed by atoms with Gasteiger partial charge in [0.05, 0.1) is 0 Å². The molecule has 0 radical (unpaired) electrons. The Bertz CT molecular complexity index is 574. The normalized spacial score (nSPS) is 21.9. The van der Waals surface area contributed by atoms with Crippen molar-refractivity contribution in [2.24, 2.45) is 0 Å². The Morgan fingerprint density at radius 3 is 2.29 bits per heavy atom. The van der Waals surface area contributed by atoms with E-state index >= 15 is 0 Å². The molecule has 3 N–H and O–H groups in total. The van der Waals surface area contributed by atoms with E-state index in [-0.39, 0.29) is 13.1 Å². The molecule has 7 nitrogen and oxygen atoms in total. The number of benzene rings is 1. The van der Waals surface area contributed by atoms with Crippen LogP contribution in [0.3, 0.4) is 0 Å². The van der Waals surface area contributed by atoms with Crippen LogP contribution in [0.1, 0.15) is 10.4 Å². The Morgan fingerprint density at radius 1 is 1.14 bits per heavy atom. The van der Waals surface area contributed by atoms with Crippen molar-refractivity contribution in [3.05, 3.63) is 33.4 Å². The minimum atomic E-state index is -1.43. The predicted octanol–water partition coefficient (Wildman–Crippen LogP) is 0.243. The van der Waals surface area contributed by atoms with Gasteiger partial charge in [0.1, 0.15) is 6.04 Å². The monoisotopic (exact) mass is 404 g/mol. The summed E-state index contributed by atoms with van der Waals surface area (Å²) in [4.78, 5) is 36.1. The largest absolute Gasteiger partial charge is 0.480 e. The van der Waals surface area contributed by atoms with Crippen molar-refractivity contribution >= 4 is 40.4 Å². The molecule has 2 unspecified atom stereocenters. The van der Waals surface area contributed by atoms with Gasteiger partial charge in [-0.3, -0.25) is 9.59 Å². The summed E-state index contributed by atoms with van der Waals surface area (Å²) in [6.45, 7) is 0.377. The number of carboxylic acid groups (broad SMARTS) is 2. The highest BCUT2D eigenvalue weighted by Crippen LogP contribution is 2.16. The van der Waals surface area contributed by atoms with Crippen molar-refractivity contribution in [1.29, 1.82) is 0 Å². The standard InChI is InChI=1S/C13H13IN2O5/c14-8-3-1-7(2-4-8)11(17)16-6-5-15-9(12(18)19)10(16)13(20)21/h1-4,9-10,15H,5-6H2,(H,18,19)(H,20,21).